The predicted molar refractivity (Wildman–Crippen MR) is 98.9 cm³/mol. The Labute approximate surface area is 158 Å². The van der Waals surface area contributed by atoms with Crippen molar-refractivity contribution in [3.63, 3.8) is 0 Å². The topological polar surface area (TPSA) is 53.8 Å². The standard InChI is InChI=1S/C21H23FN2O3/c1-2-11-23(21(26)17-7-8-17)15-20(25)24(14-19-4-3-12-27-19)13-16-5-9-18(22)10-6-16/h2-6,9-10,12,17H,1,7-8,11,13-15H2. The highest BCUT2D eigenvalue weighted by atomic mass is 19.1. The summed E-state index contributed by atoms with van der Waals surface area (Å²) in [6, 6.07) is 9.58. The number of rotatable bonds is 9. The number of hydrogen-bond donors (Lipinski definition) is 0. The lowest BCUT2D eigenvalue weighted by molar-refractivity contribution is -0.141. The van der Waals surface area contributed by atoms with E-state index >= 15 is 0 Å². The molecule has 1 aliphatic rings. The first-order valence-corrected chi connectivity index (χ1v) is 9.01. The molecule has 0 unspecified atom stereocenters. The summed E-state index contributed by atoms with van der Waals surface area (Å²) in [4.78, 5) is 28.5. The first-order valence-electron chi connectivity index (χ1n) is 9.01. The molecule has 27 heavy (non-hydrogen) atoms. The van der Waals surface area contributed by atoms with E-state index in [1.807, 2.05) is 0 Å². The molecule has 0 spiro atoms. The van der Waals surface area contributed by atoms with Crippen LogP contribution in [0, 0.1) is 11.7 Å². The quantitative estimate of drug-likeness (QED) is 0.636. The van der Waals surface area contributed by atoms with Crippen molar-refractivity contribution in [2.45, 2.75) is 25.9 Å². The van der Waals surface area contributed by atoms with E-state index in [1.165, 1.54) is 12.1 Å². The summed E-state index contributed by atoms with van der Waals surface area (Å²) < 4.78 is 18.5. The summed E-state index contributed by atoms with van der Waals surface area (Å²) in [6.07, 6.45) is 4.94. The average molecular weight is 370 g/mol. The molecule has 1 saturated carbocycles. The van der Waals surface area contributed by atoms with Gasteiger partial charge in [-0.1, -0.05) is 18.2 Å². The van der Waals surface area contributed by atoms with Gasteiger partial charge in [0.2, 0.25) is 11.8 Å². The van der Waals surface area contributed by atoms with E-state index in [4.69, 9.17) is 4.42 Å². The maximum Gasteiger partial charge on any atom is 0.242 e. The van der Waals surface area contributed by atoms with Crippen molar-refractivity contribution < 1.29 is 18.4 Å². The number of nitrogens with zero attached hydrogens (tertiary/aromatic N) is 2. The Balaban J connectivity index is 1.73. The third kappa shape index (κ3) is 5.29. The Hall–Kier alpha value is -2.89. The lowest BCUT2D eigenvalue weighted by Gasteiger charge is -2.27. The fourth-order valence-electron chi connectivity index (χ4n) is 2.87. The van der Waals surface area contributed by atoms with Gasteiger partial charge >= 0.3 is 0 Å². The second-order valence-corrected chi connectivity index (χ2v) is 6.74. The van der Waals surface area contributed by atoms with E-state index in [-0.39, 0.29) is 36.6 Å². The van der Waals surface area contributed by atoms with Crippen molar-refractivity contribution >= 4 is 11.8 Å². The molecule has 0 radical (unpaired) electrons. The third-order valence-electron chi connectivity index (χ3n) is 4.48. The van der Waals surface area contributed by atoms with E-state index in [2.05, 4.69) is 6.58 Å². The molecule has 1 aromatic carbocycles. The van der Waals surface area contributed by atoms with Crippen molar-refractivity contribution in [3.8, 4) is 0 Å². The van der Waals surface area contributed by atoms with Crippen LogP contribution in [0.2, 0.25) is 0 Å². The summed E-state index contributed by atoms with van der Waals surface area (Å²) in [7, 11) is 0. The van der Waals surface area contributed by atoms with Crippen molar-refractivity contribution in [2.75, 3.05) is 13.1 Å². The lowest BCUT2D eigenvalue weighted by Crippen LogP contribution is -2.43. The van der Waals surface area contributed by atoms with Crippen LogP contribution < -0.4 is 0 Å². The molecular weight excluding hydrogens is 347 g/mol. The molecule has 0 bridgehead atoms. The van der Waals surface area contributed by atoms with Crippen LogP contribution in [0.15, 0.2) is 59.7 Å². The number of carbonyl (C=O) groups is 2. The number of hydrogen-bond acceptors (Lipinski definition) is 3. The highest BCUT2D eigenvalue weighted by Gasteiger charge is 2.34. The number of carbonyl (C=O) groups excluding carboxylic acids is 2. The maximum absolute atomic E-state index is 13.2. The molecule has 1 aromatic heterocycles. The van der Waals surface area contributed by atoms with Crippen LogP contribution in [0.1, 0.15) is 24.2 Å². The van der Waals surface area contributed by atoms with Gasteiger partial charge in [-0.15, -0.1) is 6.58 Å². The Bertz CT molecular complexity index is 782. The van der Waals surface area contributed by atoms with Crippen molar-refractivity contribution in [3.05, 3.63) is 72.5 Å². The Morgan fingerprint density at radius 3 is 2.48 bits per heavy atom. The molecule has 0 aliphatic heterocycles. The van der Waals surface area contributed by atoms with E-state index in [1.54, 1.807) is 46.4 Å². The second kappa shape index (κ2) is 8.66. The molecule has 0 atom stereocenters. The minimum Gasteiger partial charge on any atom is -0.467 e. The van der Waals surface area contributed by atoms with Gasteiger partial charge in [0, 0.05) is 19.0 Å². The molecule has 2 amide bonds. The van der Waals surface area contributed by atoms with Crippen LogP contribution in [0.25, 0.3) is 0 Å². The van der Waals surface area contributed by atoms with Crippen LogP contribution >= 0.6 is 0 Å². The smallest absolute Gasteiger partial charge is 0.242 e. The lowest BCUT2D eigenvalue weighted by atomic mass is 10.2. The molecule has 0 N–H and O–H groups in total. The van der Waals surface area contributed by atoms with Crippen LogP contribution in [0.3, 0.4) is 0 Å². The zero-order valence-electron chi connectivity index (χ0n) is 15.1. The average Bonchev–Trinajstić information content (AvgIpc) is 3.39. The Morgan fingerprint density at radius 1 is 1.15 bits per heavy atom. The molecule has 1 heterocycles. The van der Waals surface area contributed by atoms with Crippen molar-refractivity contribution in [1.82, 2.24) is 9.80 Å². The normalized spacial score (nSPS) is 13.2. The highest BCUT2D eigenvalue weighted by Crippen LogP contribution is 2.31. The highest BCUT2D eigenvalue weighted by molar-refractivity contribution is 5.87. The van der Waals surface area contributed by atoms with Gasteiger partial charge in [0.05, 0.1) is 12.8 Å². The van der Waals surface area contributed by atoms with Crippen LogP contribution in [-0.4, -0.2) is 34.7 Å². The monoisotopic (exact) mass is 370 g/mol. The molecule has 0 saturated heterocycles. The molecule has 5 nitrogen and oxygen atoms in total. The Kier molecular flexibility index (Phi) is 6.06. The van der Waals surface area contributed by atoms with E-state index in [0.717, 1.165) is 18.4 Å². The minimum atomic E-state index is -0.324. The maximum atomic E-state index is 13.2. The fourth-order valence-corrected chi connectivity index (χ4v) is 2.87. The number of halogens is 1. The first kappa shape index (κ1) is 18.9. The van der Waals surface area contributed by atoms with Gasteiger partial charge in [-0.2, -0.15) is 0 Å². The summed E-state index contributed by atoms with van der Waals surface area (Å²) in [5, 5.41) is 0. The summed E-state index contributed by atoms with van der Waals surface area (Å²) in [5.41, 5.74) is 0.806. The zero-order valence-corrected chi connectivity index (χ0v) is 15.1. The summed E-state index contributed by atoms with van der Waals surface area (Å²) in [5.74, 6) is 0.173. The van der Waals surface area contributed by atoms with Crippen LogP contribution in [0.4, 0.5) is 4.39 Å². The van der Waals surface area contributed by atoms with E-state index in [9.17, 15) is 14.0 Å². The molecular formula is C21H23FN2O3. The Morgan fingerprint density at radius 2 is 1.89 bits per heavy atom. The molecule has 6 heteroatoms. The van der Waals surface area contributed by atoms with Crippen LogP contribution in [-0.2, 0) is 22.7 Å². The fraction of sp³-hybridized carbons (Fsp3) is 0.333. The second-order valence-electron chi connectivity index (χ2n) is 6.74. The molecule has 2 aromatic rings. The third-order valence-corrected chi connectivity index (χ3v) is 4.48. The van der Waals surface area contributed by atoms with Gasteiger partial charge in [0.1, 0.15) is 18.1 Å². The molecule has 1 aliphatic carbocycles. The SMILES string of the molecule is C=CCN(CC(=O)N(Cc1ccc(F)cc1)Cc1ccco1)C(=O)C1CC1. The number of benzene rings is 1. The minimum absolute atomic E-state index is 0.00276. The zero-order chi connectivity index (χ0) is 19.2. The van der Waals surface area contributed by atoms with Gasteiger partial charge < -0.3 is 14.2 Å². The van der Waals surface area contributed by atoms with E-state index in [0.29, 0.717) is 18.8 Å². The van der Waals surface area contributed by atoms with Gasteiger partial charge in [-0.3, -0.25) is 9.59 Å². The van der Waals surface area contributed by atoms with Gasteiger partial charge in [0.15, 0.2) is 0 Å². The van der Waals surface area contributed by atoms with Gasteiger partial charge in [-0.25, -0.2) is 4.39 Å². The number of amides is 2. The van der Waals surface area contributed by atoms with Crippen molar-refractivity contribution in [2.24, 2.45) is 5.92 Å². The van der Waals surface area contributed by atoms with E-state index < -0.39 is 0 Å². The number of furan rings is 1. The largest absolute Gasteiger partial charge is 0.467 e. The van der Waals surface area contributed by atoms with Gasteiger partial charge in [0.25, 0.3) is 0 Å². The van der Waals surface area contributed by atoms with Crippen LogP contribution in [0.5, 0.6) is 0 Å². The van der Waals surface area contributed by atoms with Gasteiger partial charge in [-0.05, 0) is 42.7 Å². The van der Waals surface area contributed by atoms with Crippen molar-refractivity contribution in [1.29, 1.82) is 0 Å². The predicted octanol–water partition coefficient (Wildman–Crippen LogP) is 3.37. The molecule has 142 valence electrons. The first-order chi connectivity index (χ1) is 13.1. The molecule has 3 rings (SSSR count). The summed E-state index contributed by atoms with van der Waals surface area (Å²) >= 11 is 0. The molecule has 1 fully saturated rings. The summed E-state index contributed by atoms with van der Waals surface area (Å²) in [6.45, 7) is 4.60.